The van der Waals surface area contributed by atoms with E-state index in [9.17, 15) is 0 Å². The molecule has 0 heterocycles. The van der Waals surface area contributed by atoms with Crippen LogP contribution in [0.3, 0.4) is 0 Å². The first-order chi connectivity index (χ1) is 49.4. The first kappa shape index (κ1) is 64.1. The molecule has 0 saturated heterocycles. The zero-order valence-corrected chi connectivity index (χ0v) is 61.7. The monoisotopic (exact) mass is 1330 g/mol. The van der Waals surface area contributed by atoms with Crippen LogP contribution in [0.15, 0.2) is 279 Å². The van der Waals surface area contributed by atoms with E-state index in [1.807, 2.05) is 0 Å². The van der Waals surface area contributed by atoms with Gasteiger partial charge in [-0.15, -0.1) is 0 Å². The van der Waals surface area contributed by atoms with E-state index >= 15 is 0 Å². The molecule has 502 valence electrons. The van der Waals surface area contributed by atoms with Gasteiger partial charge in [0, 0.05) is 66.6 Å². The maximum atomic E-state index is 4.67. The third kappa shape index (κ3) is 9.66. The van der Waals surface area contributed by atoms with Crippen molar-refractivity contribution < 1.29 is 0 Å². The van der Waals surface area contributed by atoms with Crippen molar-refractivity contribution in [2.75, 3.05) is 9.80 Å². The van der Waals surface area contributed by atoms with Gasteiger partial charge in [-0.3, -0.25) is 0 Å². The number of fused-ring (bicyclic) bond motifs is 16. The predicted octanol–water partition coefficient (Wildman–Crippen LogP) is 27.0. The fraction of sp³-hybridized carbons (Fsp3) is 0.188. The molecule has 0 aliphatic heterocycles. The topological polar surface area (TPSA) is 6.48 Å². The maximum Gasteiger partial charge on any atom is 0.0465 e. The Kier molecular flexibility index (Phi) is 14.1. The quantitative estimate of drug-likeness (QED) is 0.119. The molecule has 2 nitrogen and oxygen atoms in total. The molecule has 0 fully saturated rings. The van der Waals surface area contributed by atoms with Gasteiger partial charge in [0.05, 0.1) is 0 Å². The van der Waals surface area contributed by atoms with Crippen LogP contribution in [0.25, 0.3) is 85.5 Å². The van der Waals surface area contributed by atoms with Gasteiger partial charge in [-0.2, -0.15) is 0 Å². The van der Waals surface area contributed by atoms with E-state index in [2.05, 4.69) is 392 Å². The van der Waals surface area contributed by atoms with E-state index in [1.54, 1.807) is 0 Å². The second kappa shape index (κ2) is 22.7. The molecule has 0 amide bonds. The molecule has 0 unspecified atom stereocenters. The molecule has 0 atom stereocenters. The molecule has 12 aromatic carbocycles. The number of nitrogens with zero attached hydrogens (tertiary/aromatic N) is 2. The lowest BCUT2D eigenvalue weighted by Gasteiger charge is -2.31. The largest absolute Gasteiger partial charge is 0.314 e. The molecule has 2 heteroatoms. The fourth-order valence-electron chi connectivity index (χ4n) is 19.0. The van der Waals surface area contributed by atoms with Gasteiger partial charge in [-0.1, -0.05) is 308 Å². The average molecular weight is 1330 g/mol. The molecule has 0 bridgehead atoms. The Morgan fingerprint density at radius 3 is 0.874 bits per heavy atom. The van der Waals surface area contributed by atoms with Crippen molar-refractivity contribution in [3.05, 3.63) is 368 Å². The van der Waals surface area contributed by atoms with Crippen LogP contribution in [0.4, 0.5) is 28.4 Å². The zero-order chi connectivity index (χ0) is 71.0. The predicted molar refractivity (Wildman–Crippen MR) is 439 cm³/mol. The standard InChI is InChI=1S/C101H88N2/c1-62(31-47-73-63(2)96(3,4)85-27-19-15-23-74(73)85)102(68-42-50-80-75-24-16-20-28-86(75)97(5,6)91(80)57-68)69-43-51-83-78-48-40-66(55-89(78)100(11,12)94(83)58-69)38-36-64-32-34-65(35-33-64)37-39-67-41-49-79-84-54-46-72(61-95(84)101(13,14)90(79)56-67)103(70-44-52-81-76-25-17-21-29-87(76)98(7,8)92(81)59-70)71-45-53-82-77-26-18-22-30-88(77)99(9,10)93(82)60-71/h15-61H,2H2,1,3-14H3/b38-36+,39-37+,62-31+,73-47+. The first-order valence-electron chi connectivity index (χ1n) is 37.0. The summed E-state index contributed by atoms with van der Waals surface area (Å²) in [4.78, 5) is 4.99. The summed E-state index contributed by atoms with van der Waals surface area (Å²) >= 11 is 0. The van der Waals surface area contributed by atoms with Gasteiger partial charge in [0.1, 0.15) is 0 Å². The Morgan fingerprint density at radius 1 is 0.262 bits per heavy atom. The number of allylic oxidation sites excluding steroid dienone is 5. The maximum absolute atomic E-state index is 4.67. The number of rotatable bonds is 11. The Morgan fingerprint density at radius 2 is 0.515 bits per heavy atom. The van der Waals surface area contributed by atoms with Crippen molar-refractivity contribution in [3.63, 3.8) is 0 Å². The van der Waals surface area contributed by atoms with Gasteiger partial charge < -0.3 is 9.80 Å². The van der Waals surface area contributed by atoms with Crippen LogP contribution in [0.2, 0.25) is 0 Å². The zero-order valence-electron chi connectivity index (χ0n) is 61.7. The van der Waals surface area contributed by atoms with E-state index in [-0.39, 0.29) is 32.5 Å². The van der Waals surface area contributed by atoms with E-state index in [0.717, 1.165) is 28.3 Å². The minimum absolute atomic E-state index is 0.130. The highest BCUT2D eigenvalue weighted by atomic mass is 15.2. The van der Waals surface area contributed by atoms with Crippen molar-refractivity contribution in [1.82, 2.24) is 0 Å². The van der Waals surface area contributed by atoms with Crippen molar-refractivity contribution >= 4 is 58.3 Å². The summed E-state index contributed by atoms with van der Waals surface area (Å²) in [6.07, 6.45) is 13.7. The summed E-state index contributed by atoms with van der Waals surface area (Å²) in [6, 6.07) is 94.6. The minimum atomic E-state index is -0.238. The van der Waals surface area contributed by atoms with Crippen LogP contribution in [0, 0.1) is 0 Å². The Bertz CT molecular complexity index is 5670. The average Bonchev–Trinajstić information content (AvgIpc) is 1.62. The first-order valence-corrected chi connectivity index (χ1v) is 37.0. The summed E-state index contributed by atoms with van der Waals surface area (Å²) in [5.41, 5.74) is 42.5. The number of benzene rings is 12. The molecule has 0 radical (unpaired) electrons. The van der Waals surface area contributed by atoms with Crippen LogP contribution >= 0.6 is 0 Å². The molecule has 0 spiro atoms. The highest BCUT2D eigenvalue weighted by Crippen LogP contribution is 2.58. The minimum Gasteiger partial charge on any atom is -0.314 e. The number of anilines is 5. The van der Waals surface area contributed by atoms with Crippen LogP contribution in [-0.2, 0) is 32.5 Å². The summed E-state index contributed by atoms with van der Waals surface area (Å²) < 4.78 is 0. The molecule has 12 aromatic rings. The van der Waals surface area contributed by atoms with E-state index in [1.165, 1.54) is 162 Å². The van der Waals surface area contributed by atoms with Crippen molar-refractivity contribution in [1.29, 1.82) is 0 Å². The van der Waals surface area contributed by atoms with Gasteiger partial charge in [0.15, 0.2) is 0 Å². The molecule has 18 rings (SSSR count). The molecule has 6 aliphatic carbocycles. The Hall–Kier alpha value is -11.1. The third-order valence-corrected chi connectivity index (χ3v) is 25.0. The van der Waals surface area contributed by atoms with Gasteiger partial charge in [-0.25, -0.2) is 0 Å². The van der Waals surface area contributed by atoms with Crippen LogP contribution in [0.1, 0.15) is 179 Å². The van der Waals surface area contributed by atoms with Crippen molar-refractivity contribution in [2.24, 2.45) is 0 Å². The second-order valence-electron chi connectivity index (χ2n) is 33.1. The third-order valence-electron chi connectivity index (χ3n) is 25.0. The molecule has 6 aliphatic rings. The summed E-state index contributed by atoms with van der Waals surface area (Å²) in [7, 11) is 0. The summed E-state index contributed by atoms with van der Waals surface area (Å²) in [5, 5.41) is 0. The van der Waals surface area contributed by atoms with Crippen molar-refractivity contribution in [2.45, 2.75) is 122 Å². The van der Waals surface area contributed by atoms with Crippen molar-refractivity contribution in [3.8, 4) is 55.6 Å². The van der Waals surface area contributed by atoms with Gasteiger partial charge >= 0.3 is 0 Å². The van der Waals surface area contributed by atoms with E-state index in [4.69, 9.17) is 0 Å². The van der Waals surface area contributed by atoms with E-state index in [0.29, 0.717) is 0 Å². The van der Waals surface area contributed by atoms with Gasteiger partial charge in [-0.05, 0) is 229 Å². The lowest BCUT2D eigenvalue weighted by Crippen LogP contribution is -2.19. The van der Waals surface area contributed by atoms with E-state index < -0.39 is 0 Å². The SMILES string of the molecule is C=C1/C(=C\C=C(/C)N(c2ccc3c(c2)C(C)(C)c2ccccc2-3)c2ccc3c(c2)C(C)(C)c2cc(/C=C/c4ccc(/C=C/c5ccc6c(c5)C(C)(C)c5cc(N(c7ccc8c(c7)C(C)(C)c7ccccc7-8)c7ccc8c(c7)C(C)(C)c7ccccc7-8)ccc5-6)cc4)ccc2-3)c2ccccc2C1(C)C. The Labute approximate surface area is 610 Å². The van der Waals surface area contributed by atoms with Gasteiger partial charge in [0.2, 0.25) is 0 Å². The number of hydrogen-bond acceptors (Lipinski definition) is 2. The molecule has 0 saturated carbocycles. The number of hydrogen-bond donors (Lipinski definition) is 0. The lowest BCUT2D eigenvalue weighted by atomic mass is 9.81. The smallest absolute Gasteiger partial charge is 0.0465 e. The van der Waals surface area contributed by atoms with Gasteiger partial charge in [0.25, 0.3) is 0 Å². The highest BCUT2D eigenvalue weighted by molar-refractivity contribution is 5.94. The summed E-state index contributed by atoms with van der Waals surface area (Å²) in [5.74, 6) is 0. The lowest BCUT2D eigenvalue weighted by molar-refractivity contribution is 0.659. The molecular formula is C101H88N2. The highest BCUT2D eigenvalue weighted by Gasteiger charge is 2.43. The normalized spacial score (nSPS) is 17.3. The Balaban J connectivity index is 0.601. The molecule has 0 N–H and O–H groups in total. The van der Waals surface area contributed by atoms with Crippen LogP contribution < -0.4 is 9.80 Å². The molecule has 103 heavy (non-hydrogen) atoms. The molecular weight excluding hydrogens is 1240 g/mol. The summed E-state index contributed by atoms with van der Waals surface area (Å²) in [6.45, 7) is 35.4. The van der Waals surface area contributed by atoms with Crippen LogP contribution in [0.5, 0.6) is 0 Å². The second-order valence-corrected chi connectivity index (χ2v) is 33.1. The fourth-order valence-corrected chi connectivity index (χ4v) is 19.0. The molecule has 0 aromatic heterocycles. The van der Waals surface area contributed by atoms with Crippen LogP contribution in [-0.4, -0.2) is 0 Å².